The molecule has 0 amide bonds. The summed E-state index contributed by atoms with van der Waals surface area (Å²) >= 11 is 7.47. The van der Waals surface area contributed by atoms with Gasteiger partial charge < -0.3 is 4.79 Å². The van der Waals surface area contributed by atoms with E-state index in [0.29, 0.717) is 10.9 Å². The predicted octanol–water partition coefficient (Wildman–Crippen LogP) is 5.37. The van der Waals surface area contributed by atoms with Crippen molar-refractivity contribution >= 4 is 29.6 Å². The fraction of sp³-hybridized carbons (Fsp3) is 0.278. The van der Waals surface area contributed by atoms with Crippen LogP contribution in [0.2, 0.25) is 5.02 Å². The zero-order valence-electron chi connectivity index (χ0n) is 12.3. The molecule has 110 valence electrons. The quantitative estimate of drug-likeness (QED) is 0.526. The number of rotatable bonds is 6. The van der Waals surface area contributed by atoms with Gasteiger partial charge in [0.15, 0.2) is 0 Å². The van der Waals surface area contributed by atoms with Crippen LogP contribution in [0.15, 0.2) is 53.4 Å². The lowest BCUT2D eigenvalue weighted by Gasteiger charge is -2.16. The van der Waals surface area contributed by atoms with Crippen LogP contribution in [-0.4, -0.2) is 11.5 Å². The highest BCUT2D eigenvalue weighted by atomic mass is 35.5. The Morgan fingerprint density at radius 3 is 2.38 bits per heavy atom. The largest absolute Gasteiger partial charge is 0.302 e. The monoisotopic (exact) mass is 318 g/mol. The van der Waals surface area contributed by atoms with Gasteiger partial charge in [0, 0.05) is 9.92 Å². The third kappa shape index (κ3) is 4.62. The average Bonchev–Trinajstić information content (AvgIpc) is 2.49. The van der Waals surface area contributed by atoms with E-state index in [1.54, 1.807) is 11.8 Å². The van der Waals surface area contributed by atoms with Crippen LogP contribution in [0.5, 0.6) is 0 Å². The Kier molecular flexibility index (Phi) is 5.89. The van der Waals surface area contributed by atoms with Crippen molar-refractivity contribution in [3.63, 3.8) is 0 Å². The maximum atomic E-state index is 11.4. The first kappa shape index (κ1) is 16.1. The summed E-state index contributed by atoms with van der Waals surface area (Å²) in [5.41, 5.74) is 2.58. The van der Waals surface area contributed by atoms with Crippen molar-refractivity contribution in [3.8, 4) is 0 Å². The first-order chi connectivity index (χ1) is 10.1. The summed E-state index contributed by atoms with van der Waals surface area (Å²) in [4.78, 5) is 12.5. The smallest absolute Gasteiger partial charge is 0.133 e. The Morgan fingerprint density at radius 1 is 1.10 bits per heavy atom. The molecule has 2 aromatic carbocycles. The maximum absolute atomic E-state index is 11.4. The molecule has 0 saturated heterocycles. The van der Waals surface area contributed by atoms with E-state index in [-0.39, 0.29) is 5.25 Å². The van der Waals surface area contributed by atoms with E-state index in [2.05, 4.69) is 32.0 Å². The zero-order chi connectivity index (χ0) is 15.2. The highest BCUT2D eigenvalue weighted by Gasteiger charge is 2.14. The van der Waals surface area contributed by atoms with Crippen LogP contribution in [0.25, 0.3) is 0 Å². The van der Waals surface area contributed by atoms with Gasteiger partial charge in [-0.05, 0) is 47.7 Å². The first-order valence-electron chi connectivity index (χ1n) is 7.05. The van der Waals surface area contributed by atoms with Crippen LogP contribution in [0, 0.1) is 0 Å². The second-order valence-corrected chi connectivity index (χ2v) is 7.05. The van der Waals surface area contributed by atoms with Gasteiger partial charge in [0.05, 0.1) is 5.25 Å². The number of hydrogen-bond acceptors (Lipinski definition) is 2. The number of aldehydes is 1. The molecule has 1 unspecified atom stereocenters. The van der Waals surface area contributed by atoms with E-state index in [4.69, 9.17) is 11.6 Å². The lowest BCUT2D eigenvalue weighted by Crippen LogP contribution is -2.10. The summed E-state index contributed by atoms with van der Waals surface area (Å²) in [7, 11) is 0. The minimum atomic E-state index is -0.0777. The van der Waals surface area contributed by atoms with E-state index < -0.39 is 0 Å². The summed E-state index contributed by atoms with van der Waals surface area (Å²) in [6, 6.07) is 16.0. The molecule has 0 aliphatic heterocycles. The van der Waals surface area contributed by atoms with Crippen LogP contribution in [0.3, 0.4) is 0 Å². The minimum absolute atomic E-state index is 0.0777. The summed E-state index contributed by atoms with van der Waals surface area (Å²) in [5.74, 6) is 0.467. The summed E-state index contributed by atoms with van der Waals surface area (Å²) in [6.45, 7) is 4.36. The molecule has 0 spiro atoms. The van der Waals surface area contributed by atoms with E-state index in [1.165, 1.54) is 11.1 Å². The molecule has 1 atom stereocenters. The second kappa shape index (κ2) is 7.67. The fourth-order valence-electron chi connectivity index (χ4n) is 2.31. The van der Waals surface area contributed by atoms with E-state index >= 15 is 0 Å². The number of hydrogen-bond donors (Lipinski definition) is 0. The van der Waals surface area contributed by atoms with Crippen LogP contribution in [0.4, 0.5) is 0 Å². The van der Waals surface area contributed by atoms with Gasteiger partial charge in [-0.1, -0.05) is 49.7 Å². The average molecular weight is 319 g/mol. The van der Waals surface area contributed by atoms with Gasteiger partial charge in [-0.15, -0.1) is 11.8 Å². The molecule has 0 saturated carbocycles. The lowest BCUT2D eigenvalue weighted by molar-refractivity contribution is -0.107. The van der Waals surface area contributed by atoms with Gasteiger partial charge in [0.25, 0.3) is 0 Å². The topological polar surface area (TPSA) is 17.1 Å². The molecule has 0 heterocycles. The number of thioether (sulfide) groups is 1. The lowest BCUT2D eigenvalue weighted by atomic mass is 9.95. The summed E-state index contributed by atoms with van der Waals surface area (Å²) in [5, 5.41) is 0.637. The molecule has 21 heavy (non-hydrogen) atoms. The van der Waals surface area contributed by atoms with Gasteiger partial charge >= 0.3 is 0 Å². The first-order valence-corrected chi connectivity index (χ1v) is 8.31. The number of carbonyl (C=O) groups is 1. The Balaban J connectivity index is 2.12. The molecule has 0 bridgehead atoms. The molecule has 0 fully saturated rings. The summed E-state index contributed by atoms with van der Waals surface area (Å²) < 4.78 is 0. The molecule has 0 aliphatic rings. The van der Waals surface area contributed by atoms with E-state index in [1.807, 2.05) is 30.3 Å². The van der Waals surface area contributed by atoms with Gasteiger partial charge in [-0.2, -0.15) is 0 Å². The Labute approximate surface area is 135 Å². The van der Waals surface area contributed by atoms with Crippen molar-refractivity contribution in [1.82, 2.24) is 0 Å². The number of benzene rings is 2. The number of halogens is 1. The molecule has 3 heteroatoms. The molecule has 0 radical (unpaired) electrons. The highest BCUT2D eigenvalue weighted by Crippen LogP contribution is 2.28. The van der Waals surface area contributed by atoms with Gasteiger partial charge in [0.2, 0.25) is 0 Å². The Hall–Kier alpha value is -1.25. The molecule has 0 N–H and O–H groups in total. The Morgan fingerprint density at radius 2 is 1.76 bits per heavy atom. The van der Waals surface area contributed by atoms with Crippen molar-refractivity contribution < 1.29 is 4.79 Å². The minimum Gasteiger partial charge on any atom is -0.302 e. The predicted molar refractivity (Wildman–Crippen MR) is 91.4 cm³/mol. The molecular formula is C18H19ClOS. The third-order valence-electron chi connectivity index (χ3n) is 3.35. The molecule has 0 aliphatic carbocycles. The fourth-order valence-corrected chi connectivity index (χ4v) is 3.39. The normalized spacial score (nSPS) is 12.4. The molecule has 1 nitrogen and oxygen atoms in total. The Bertz CT molecular complexity index is 592. The SMILES string of the molecule is CC(C)c1ccccc1CC(C=O)Sc1ccc(Cl)cc1. The van der Waals surface area contributed by atoms with Crippen molar-refractivity contribution in [2.75, 3.05) is 0 Å². The molecule has 2 aromatic rings. The van der Waals surface area contributed by atoms with Crippen molar-refractivity contribution in [2.45, 2.75) is 36.3 Å². The van der Waals surface area contributed by atoms with Crippen LogP contribution < -0.4 is 0 Å². The third-order valence-corrected chi connectivity index (χ3v) is 4.73. The van der Waals surface area contributed by atoms with Crippen molar-refractivity contribution in [1.29, 1.82) is 0 Å². The molecule has 2 rings (SSSR count). The highest BCUT2D eigenvalue weighted by molar-refractivity contribution is 8.00. The van der Waals surface area contributed by atoms with Crippen molar-refractivity contribution in [3.05, 3.63) is 64.7 Å². The summed E-state index contributed by atoms with van der Waals surface area (Å²) in [6.07, 6.45) is 1.79. The van der Waals surface area contributed by atoms with E-state index in [9.17, 15) is 4.79 Å². The van der Waals surface area contributed by atoms with Crippen LogP contribution in [-0.2, 0) is 11.2 Å². The van der Waals surface area contributed by atoms with Crippen LogP contribution in [0.1, 0.15) is 30.9 Å². The molecular weight excluding hydrogens is 300 g/mol. The van der Waals surface area contributed by atoms with Gasteiger partial charge in [0.1, 0.15) is 6.29 Å². The van der Waals surface area contributed by atoms with Crippen LogP contribution >= 0.6 is 23.4 Å². The van der Waals surface area contributed by atoms with Gasteiger partial charge in [-0.3, -0.25) is 0 Å². The van der Waals surface area contributed by atoms with Crippen molar-refractivity contribution in [2.24, 2.45) is 0 Å². The standard InChI is InChI=1S/C18H19ClOS/c1-13(2)18-6-4-3-5-14(18)11-17(12-20)21-16-9-7-15(19)8-10-16/h3-10,12-13,17H,11H2,1-2H3. The van der Waals surface area contributed by atoms with E-state index in [0.717, 1.165) is 17.6 Å². The second-order valence-electron chi connectivity index (χ2n) is 5.30. The van der Waals surface area contributed by atoms with Gasteiger partial charge in [-0.25, -0.2) is 0 Å². The zero-order valence-corrected chi connectivity index (χ0v) is 13.8. The molecule has 0 aromatic heterocycles. The maximum Gasteiger partial charge on any atom is 0.133 e. The number of carbonyl (C=O) groups excluding carboxylic acids is 1.